The number of nitrogens with zero attached hydrogens (tertiary/aromatic N) is 4. The summed E-state index contributed by atoms with van der Waals surface area (Å²) >= 11 is 7.39. The highest BCUT2D eigenvalue weighted by molar-refractivity contribution is 7.13. The largest absolute Gasteiger partial charge is 0.379 e. The van der Waals surface area contributed by atoms with E-state index < -0.39 is 0 Å². The number of hydrogen-bond donors (Lipinski definition) is 1. The molecule has 9 heteroatoms. The van der Waals surface area contributed by atoms with Crippen molar-refractivity contribution in [2.24, 2.45) is 0 Å². The molecule has 7 nitrogen and oxygen atoms in total. The second-order valence-electron chi connectivity index (χ2n) is 6.54. The fraction of sp³-hybridized carbons (Fsp3) is 0.300. The average Bonchev–Trinajstić information content (AvgIpc) is 3.27. The number of ether oxygens (including phenoxy) is 1. The number of benzene rings is 1. The molecule has 3 heterocycles. The van der Waals surface area contributed by atoms with Gasteiger partial charge < -0.3 is 10.1 Å². The van der Waals surface area contributed by atoms with E-state index >= 15 is 0 Å². The van der Waals surface area contributed by atoms with Crippen molar-refractivity contribution in [1.29, 1.82) is 0 Å². The van der Waals surface area contributed by atoms with Crippen molar-refractivity contribution in [2.45, 2.75) is 6.04 Å². The molecular formula is C20H20ClN5O2S. The Morgan fingerprint density at radius 2 is 1.93 bits per heavy atom. The van der Waals surface area contributed by atoms with Gasteiger partial charge in [0.05, 0.1) is 19.3 Å². The van der Waals surface area contributed by atoms with Crippen molar-refractivity contribution in [3.05, 3.63) is 64.4 Å². The molecular weight excluding hydrogens is 410 g/mol. The quantitative estimate of drug-likeness (QED) is 0.648. The third-order valence-electron chi connectivity index (χ3n) is 4.69. The number of thiazole rings is 1. The van der Waals surface area contributed by atoms with Gasteiger partial charge in [0.15, 0.2) is 10.8 Å². The fourth-order valence-corrected chi connectivity index (χ4v) is 4.07. The molecule has 3 aromatic rings. The number of aromatic nitrogens is 3. The van der Waals surface area contributed by atoms with E-state index in [0.717, 1.165) is 18.7 Å². The standard InChI is InChI=1S/C20H20ClN5O2S/c21-15-4-2-14(3-5-15)17(26-8-10-28-11-9-26)12-24-19(27)16-13-29-20(25-16)18-22-6-1-7-23-18/h1-7,13,17H,8-12H2,(H,24,27). The van der Waals surface area contributed by atoms with E-state index in [4.69, 9.17) is 16.3 Å². The summed E-state index contributed by atoms with van der Waals surface area (Å²) in [6.07, 6.45) is 3.31. The molecule has 2 aromatic heterocycles. The van der Waals surface area contributed by atoms with Crippen LogP contribution in [0.2, 0.25) is 5.02 Å². The van der Waals surface area contributed by atoms with Gasteiger partial charge in [-0.25, -0.2) is 15.0 Å². The Kier molecular flexibility index (Phi) is 6.46. The Hall–Kier alpha value is -2.39. The van der Waals surface area contributed by atoms with Gasteiger partial charge in [-0.2, -0.15) is 0 Å². The highest BCUT2D eigenvalue weighted by Crippen LogP contribution is 2.24. The fourth-order valence-electron chi connectivity index (χ4n) is 3.20. The Labute approximate surface area is 177 Å². The lowest BCUT2D eigenvalue weighted by Crippen LogP contribution is -2.43. The lowest BCUT2D eigenvalue weighted by molar-refractivity contribution is 0.0162. The first-order chi connectivity index (χ1) is 14.2. The first-order valence-corrected chi connectivity index (χ1v) is 10.5. The number of hydrogen-bond acceptors (Lipinski definition) is 7. The van der Waals surface area contributed by atoms with Crippen LogP contribution in [0.15, 0.2) is 48.1 Å². The van der Waals surface area contributed by atoms with Crippen LogP contribution >= 0.6 is 22.9 Å². The summed E-state index contributed by atoms with van der Waals surface area (Å²) < 4.78 is 5.47. The van der Waals surface area contributed by atoms with Crippen LogP contribution in [0, 0.1) is 0 Å². The maximum absolute atomic E-state index is 12.7. The smallest absolute Gasteiger partial charge is 0.270 e. The predicted molar refractivity (Wildman–Crippen MR) is 112 cm³/mol. The average molecular weight is 430 g/mol. The topological polar surface area (TPSA) is 80.2 Å². The molecule has 1 aromatic carbocycles. The van der Waals surface area contributed by atoms with E-state index in [1.54, 1.807) is 23.8 Å². The van der Waals surface area contributed by atoms with Crippen LogP contribution < -0.4 is 5.32 Å². The highest BCUT2D eigenvalue weighted by Gasteiger charge is 2.24. The van der Waals surface area contributed by atoms with E-state index in [1.807, 2.05) is 24.3 Å². The minimum atomic E-state index is -0.212. The van der Waals surface area contributed by atoms with E-state index in [0.29, 0.717) is 41.3 Å². The minimum Gasteiger partial charge on any atom is -0.379 e. The van der Waals surface area contributed by atoms with Gasteiger partial charge in [0.1, 0.15) is 5.69 Å². The van der Waals surface area contributed by atoms with Gasteiger partial charge in [0.25, 0.3) is 5.91 Å². The van der Waals surface area contributed by atoms with Gasteiger partial charge in [-0.05, 0) is 23.8 Å². The zero-order chi connectivity index (χ0) is 20.1. The van der Waals surface area contributed by atoms with Crippen molar-refractivity contribution in [2.75, 3.05) is 32.8 Å². The number of morpholine rings is 1. The third kappa shape index (κ3) is 4.97. The molecule has 1 amide bonds. The summed E-state index contributed by atoms with van der Waals surface area (Å²) in [4.78, 5) is 27.8. The van der Waals surface area contributed by atoms with Crippen LogP contribution in [0.3, 0.4) is 0 Å². The molecule has 4 rings (SSSR count). The SMILES string of the molecule is O=C(NCC(c1ccc(Cl)cc1)N1CCOCC1)c1csc(-c2ncccn2)n1. The zero-order valence-electron chi connectivity index (χ0n) is 15.6. The van der Waals surface area contributed by atoms with Gasteiger partial charge in [-0.1, -0.05) is 23.7 Å². The molecule has 29 heavy (non-hydrogen) atoms. The van der Waals surface area contributed by atoms with Gasteiger partial charge in [-0.3, -0.25) is 9.69 Å². The third-order valence-corrected chi connectivity index (χ3v) is 5.78. The molecule has 1 unspecified atom stereocenters. The Morgan fingerprint density at radius 3 is 2.66 bits per heavy atom. The minimum absolute atomic E-state index is 0.0377. The normalized spacial score (nSPS) is 15.8. The number of nitrogens with one attached hydrogen (secondary N) is 1. The predicted octanol–water partition coefficient (Wildman–Crippen LogP) is 3.06. The summed E-state index contributed by atoms with van der Waals surface area (Å²) in [5, 5.41) is 6.07. The van der Waals surface area contributed by atoms with Crippen LogP contribution in [0.25, 0.3) is 10.8 Å². The van der Waals surface area contributed by atoms with Gasteiger partial charge >= 0.3 is 0 Å². The Morgan fingerprint density at radius 1 is 1.21 bits per heavy atom. The van der Waals surface area contributed by atoms with E-state index in [1.165, 1.54) is 11.3 Å². The van der Waals surface area contributed by atoms with E-state index in [2.05, 4.69) is 25.2 Å². The van der Waals surface area contributed by atoms with Crippen LogP contribution in [-0.2, 0) is 4.74 Å². The summed E-state index contributed by atoms with van der Waals surface area (Å²) in [6.45, 7) is 3.47. The molecule has 1 aliphatic rings. The van der Waals surface area contributed by atoms with Gasteiger partial charge in [0.2, 0.25) is 0 Å². The van der Waals surface area contributed by atoms with Crippen LogP contribution in [0.1, 0.15) is 22.1 Å². The molecule has 0 radical (unpaired) electrons. The zero-order valence-corrected chi connectivity index (χ0v) is 17.2. The van der Waals surface area contributed by atoms with E-state index in [9.17, 15) is 4.79 Å². The number of rotatable bonds is 6. The second-order valence-corrected chi connectivity index (χ2v) is 7.83. The van der Waals surface area contributed by atoms with Crippen molar-refractivity contribution in [1.82, 2.24) is 25.2 Å². The molecule has 150 valence electrons. The monoisotopic (exact) mass is 429 g/mol. The molecule has 0 aliphatic carbocycles. The molecule has 0 bridgehead atoms. The van der Waals surface area contributed by atoms with Crippen molar-refractivity contribution in [3.8, 4) is 10.8 Å². The molecule has 1 atom stereocenters. The first kappa shape index (κ1) is 19.9. The number of halogens is 1. The summed E-state index contributed by atoms with van der Waals surface area (Å²) in [5.74, 6) is 0.305. The summed E-state index contributed by atoms with van der Waals surface area (Å²) in [6, 6.07) is 9.53. The van der Waals surface area contributed by atoms with Gasteiger partial charge in [-0.15, -0.1) is 11.3 Å². The van der Waals surface area contributed by atoms with Crippen LogP contribution in [0.4, 0.5) is 0 Å². The maximum Gasteiger partial charge on any atom is 0.270 e. The lowest BCUT2D eigenvalue weighted by atomic mass is 10.0. The second kappa shape index (κ2) is 9.41. The van der Waals surface area contributed by atoms with Crippen molar-refractivity contribution >= 4 is 28.8 Å². The Balaban J connectivity index is 1.46. The molecule has 1 N–H and O–H groups in total. The van der Waals surface area contributed by atoms with E-state index in [-0.39, 0.29) is 11.9 Å². The molecule has 1 aliphatic heterocycles. The Bertz CT molecular complexity index is 945. The van der Waals surface area contributed by atoms with Crippen molar-refractivity contribution < 1.29 is 9.53 Å². The summed E-state index contributed by atoms with van der Waals surface area (Å²) in [5.41, 5.74) is 1.47. The molecule has 0 spiro atoms. The molecule has 0 saturated carbocycles. The molecule has 1 fully saturated rings. The number of carbonyl (C=O) groups excluding carboxylic acids is 1. The number of carbonyl (C=O) groups is 1. The lowest BCUT2D eigenvalue weighted by Gasteiger charge is -2.34. The van der Waals surface area contributed by atoms with Crippen LogP contribution in [-0.4, -0.2) is 58.6 Å². The maximum atomic E-state index is 12.7. The first-order valence-electron chi connectivity index (χ1n) is 9.29. The van der Waals surface area contributed by atoms with Gasteiger partial charge in [0, 0.05) is 42.4 Å². The summed E-state index contributed by atoms with van der Waals surface area (Å²) in [7, 11) is 0. The highest BCUT2D eigenvalue weighted by atomic mass is 35.5. The number of amides is 1. The van der Waals surface area contributed by atoms with Crippen LogP contribution in [0.5, 0.6) is 0 Å². The molecule has 1 saturated heterocycles. The van der Waals surface area contributed by atoms with Crippen molar-refractivity contribution in [3.63, 3.8) is 0 Å².